The van der Waals surface area contributed by atoms with Crippen LogP contribution in [0, 0.1) is 0 Å². The SMILES string of the molecule is CC(=O)Nc1ccc2c(c1)C(CN1C=CC(c3cc4ccc(Cl)cc4[nH]3)=CC1)CC2. The van der Waals surface area contributed by atoms with Gasteiger partial charge in [0.15, 0.2) is 0 Å². The number of fused-ring (bicyclic) bond motifs is 2. The van der Waals surface area contributed by atoms with Crippen LogP contribution in [-0.4, -0.2) is 28.9 Å². The number of aromatic amines is 1. The van der Waals surface area contributed by atoms with Crippen LogP contribution in [-0.2, 0) is 11.2 Å². The van der Waals surface area contributed by atoms with Crippen LogP contribution in [0.25, 0.3) is 16.5 Å². The highest BCUT2D eigenvalue weighted by Gasteiger charge is 2.24. The lowest BCUT2D eigenvalue weighted by atomic mass is 9.99. The van der Waals surface area contributed by atoms with Crippen LogP contribution in [0.3, 0.4) is 0 Å². The Labute approximate surface area is 181 Å². The zero-order chi connectivity index (χ0) is 20.7. The minimum absolute atomic E-state index is 0.0274. The van der Waals surface area contributed by atoms with E-state index in [9.17, 15) is 4.79 Å². The van der Waals surface area contributed by atoms with Crippen LogP contribution >= 0.6 is 11.6 Å². The van der Waals surface area contributed by atoms with Crippen LogP contribution in [0.4, 0.5) is 5.69 Å². The van der Waals surface area contributed by atoms with Gasteiger partial charge in [0.05, 0.1) is 0 Å². The second-order valence-corrected chi connectivity index (χ2v) is 8.61. The molecule has 1 aromatic heterocycles. The Kier molecular flexibility index (Phi) is 4.87. The highest BCUT2D eigenvalue weighted by atomic mass is 35.5. The predicted molar refractivity (Wildman–Crippen MR) is 124 cm³/mol. The molecular formula is C25H24ClN3O. The Morgan fingerprint density at radius 2 is 2.13 bits per heavy atom. The third-order valence-electron chi connectivity index (χ3n) is 6.03. The van der Waals surface area contributed by atoms with Crippen molar-refractivity contribution in [1.82, 2.24) is 9.88 Å². The first kappa shape index (κ1) is 19.0. The van der Waals surface area contributed by atoms with Gasteiger partial charge in [0, 0.05) is 59.4 Å². The summed E-state index contributed by atoms with van der Waals surface area (Å²) < 4.78 is 0. The average Bonchev–Trinajstić information content (AvgIpc) is 3.32. The van der Waals surface area contributed by atoms with E-state index in [2.05, 4.69) is 51.8 Å². The number of carbonyl (C=O) groups excluding carboxylic acids is 1. The van der Waals surface area contributed by atoms with Crippen molar-refractivity contribution >= 4 is 39.7 Å². The van der Waals surface area contributed by atoms with E-state index in [1.165, 1.54) is 22.1 Å². The Morgan fingerprint density at radius 1 is 1.23 bits per heavy atom. The molecular weight excluding hydrogens is 394 g/mol. The fraction of sp³-hybridized carbons (Fsp3) is 0.240. The molecule has 0 spiro atoms. The van der Waals surface area contributed by atoms with E-state index in [0.29, 0.717) is 5.92 Å². The first-order valence-electron chi connectivity index (χ1n) is 10.4. The smallest absolute Gasteiger partial charge is 0.221 e. The Morgan fingerprint density at radius 3 is 2.93 bits per heavy atom. The molecule has 0 fully saturated rings. The number of carbonyl (C=O) groups is 1. The van der Waals surface area contributed by atoms with Gasteiger partial charge in [-0.15, -0.1) is 0 Å². The fourth-order valence-electron chi connectivity index (χ4n) is 4.56. The highest BCUT2D eigenvalue weighted by Crippen LogP contribution is 2.36. The third kappa shape index (κ3) is 3.75. The molecule has 1 unspecified atom stereocenters. The molecule has 0 saturated heterocycles. The van der Waals surface area contributed by atoms with Crippen molar-refractivity contribution in [2.24, 2.45) is 0 Å². The van der Waals surface area contributed by atoms with E-state index in [1.54, 1.807) is 6.92 Å². The molecule has 1 aliphatic heterocycles. The second kappa shape index (κ2) is 7.69. The number of allylic oxidation sites excluding steroid dienone is 2. The number of hydrogen-bond donors (Lipinski definition) is 2. The van der Waals surface area contributed by atoms with Gasteiger partial charge >= 0.3 is 0 Å². The van der Waals surface area contributed by atoms with Crippen molar-refractivity contribution in [2.45, 2.75) is 25.7 Å². The number of benzene rings is 2. The van der Waals surface area contributed by atoms with Gasteiger partial charge in [-0.25, -0.2) is 0 Å². The predicted octanol–water partition coefficient (Wildman–Crippen LogP) is 5.72. The monoisotopic (exact) mass is 417 g/mol. The number of hydrogen-bond acceptors (Lipinski definition) is 2. The van der Waals surface area contributed by atoms with Gasteiger partial charge in [-0.3, -0.25) is 4.79 Å². The maximum Gasteiger partial charge on any atom is 0.221 e. The normalized spacial score (nSPS) is 17.9. The van der Waals surface area contributed by atoms with Crippen LogP contribution < -0.4 is 5.32 Å². The fourth-order valence-corrected chi connectivity index (χ4v) is 4.73. The van der Waals surface area contributed by atoms with E-state index in [-0.39, 0.29) is 5.91 Å². The molecule has 5 rings (SSSR count). The topological polar surface area (TPSA) is 48.1 Å². The summed E-state index contributed by atoms with van der Waals surface area (Å²) in [6.07, 6.45) is 8.91. The van der Waals surface area contributed by atoms with Crippen molar-refractivity contribution in [1.29, 1.82) is 0 Å². The zero-order valence-corrected chi connectivity index (χ0v) is 17.7. The molecule has 2 heterocycles. The summed E-state index contributed by atoms with van der Waals surface area (Å²) in [4.78, 5) is 17.2. The average molecular weight is 418 g/mol. The van der Waals surface area contributed by atoms with E-state index in [0.717, 1.165) is 47.9 Å². The number of rotatable bonds is 4. The van der Waals surface area contributed by atoms with E-state index in [4.69, 9.17) is 11.6 Å². The molecule has 5 heteroatoms. The molecule has 152 valence electrons. The number of aromatic nitrogens is 1. The van der Waals surface area contributed by atoms with Crippen molar-refractivity contribution < 1.29 is 4.79 Å². The quantitative estimate of drug-likeness (QED) is 0.570. The maximum absolute atomic E-state index is 11.4. The Bertz CT molecular complexity index is 1190. The molecule has 0 radical (unpaired) electrons. The number of anilines is 1. The van der Waals surface area contributed by atoms with Gasteiger partial charge < -0.3 is 15.2 Å². The minimum Gasteiger partial charge on any atom is -0.373 e. The molecule has 30 heavy (non-hydrogen) atoms. The number of nitrogens with one attached hydrogen (secondary N) is 2. The largest absolute Gasteiger partial charge is 0.373 e. The number of aryl methyl sites for hydroxylation is 1. The molecule has 3 aromatic rings. The molecule has 0 bridgehead atoms. The van der Waals surface area contributed by atoms with Gasteiger partial charge in [-0.05, 0) is 65.9 Å². The number of nitrogens with zero attached hydrogens (tertiary/aromatic N) is 1. The summed E-state index contributed by atoms with van der Waals surface area (Å²) in [5.41, 5.74) is 7.06. The lowest BCUT2D eigenvalue weighted by Crippen LogP contribution is -2.25. The van der Waals surface area contributed by atoms with Crippen molar-refractivity contribution in [2.75, 3.05) is 18.4 Å². The Hall–Kier alpha value is -2.98. The summed E-state index contributed by atoms with van der Waals surface area (Å²) >= 11 is 6.11. The second-order valence-electron chi connectivity index (χ2n) is 8.17. The third-order valence-corrected chi connectivity index (χ3v) is 6.26. The summed E-state index contributed by atoms with van der Waals surface area (Å²) in [6.45, 7) is 3.42. The number of halogens is 1. The van der Waals surface area contributed by atoms with Crippen molar-refractivity contribution in [3.05, 3.63) is 82.7 Å². The summed E-state index contributed by atoms with van der Waals surface area (Å²) in [5.74, 6) is 0.462. The van der Waals surface area contributed by atoms with E-state index in [1.807, 2.05) is 24.3 Å². The van der Waals surface area contributed by atoms with Crippen LogP contribution in [0.15, 0.2) is 60.8 Å². The highest BCUT2D eigenvalue weighted by molar-refractivity contribution is 6.31. The molecule has 1 atom stereocenters. The lowest BCUT2D eigenvalue weighted by molar-refractivity contribution is -0.114. The number of amides is 1. The standard InChI is InChI=1S/C25H24ClN3O/c1-16(30)27-22-7-5-17-2-3-20(23(17)14-22)15-29-10-8-18(9-11-29)24-12-19-4-6-21(26)13-25(19)28-24/h4-10,12-14,20,28H,2-3,11,15H2,1H3,(H,27,30). The van der Waals surface area contributed by atoms with Gasteiger partial charge in [0.2, 0.25) is 5.91 Å². The van der Waals surface area contributed by atoms with Crippen LogP contribution in [0.2, 0.25) is 5.02 Å². The summed E-state index contributed by atoms with van der Waals surface area (Å²) in [7, 11) is 0. The molecule has 2 N–H and O–H groups in total. The van der Waals surface area contributed by atoms with Crippen molar-refractivity contribution in [3.8, 4) is 0 Å². The summed E-state index contributed by atoms with van der Waals surface area (Å²) in [6, 6.07) is 14.4. The maximum atomic E-state index is 11.4. The van der Waals surface area contributed by atoms with Gasteiger partial charge in [0.25, 0.3) is 0 Å². The first-order valence-corrected chi connectivity index (χ1v) is 10.7. The van der Waals surface area contributed by atoms with Crippen molar-refractivity contribution in [3.63, 3.8) is 0 Å². The zero-order valence-electron chi connectivity index (χ0n) is 16.9. The van der Waals surface area contributed by atoms with E-state index >= 15 is 0 Å². The minimum atomic E-state index is -0.0274. The summed E-state index contributed by atoms with van der Waals surface area (Å²) in [5, 5.41) is 4.82. The van der Waals surface area contributed by atoms with Gasteiger partial charge in [-0.1, -0.05) is 29.8 Å². The van der Waals surface area contributed by atoms with E-state index < -0.39 is 0 Å². The first-order chi connectivity index (χ1) is 14.5. The molecule has 1 aliphatic carbocycles. The van der Waals surface area contributed by atoms with Gasteiger partial charge in [0.1, 0.15) is 0 Å². The van der Waals surface area contributed by atoms with Crippen LogP contribution in [0.5, 0.6) is 0 Å². The lowest BCUT2D eigenvalue weighted by Gasteiger charge is -2.26. The van der Waals surface area contributed by atoms with Crippen LogP contribution in [0.1, 0.15) is 36.1 Å². The Balaban J connectivity index is 1.28. The molecule has 2 aromatic carbocycles. The molecule has 0 saturated carbocycles. The molecule has 4 nitrogen and oxygen atoms in total. The molecule has 2 aliphatic rings. The van der Waals surface area contributed by atoms with Gasteiger partial charge in [-0.2, -0.15) is 0 Å². The molecule has 1 amide bonds. The number of H-pyrrole nitrogens is 1.